The average molecular weight is 660 g/mol. The predicted octanol–water partition coefficient (Wildman–Crippen LogP) is 12.9. The molecule has 240 valence electrons. The molecule has 0 aliphatic heterocycles. The molecule has 3 aromatic heterocycles. The van der Waals surface area contributed by atoms with Gasteiger partial charge in [0, 0.05) is 38.8 Å². The second-order valence-electron chi connectivity index (χ2n) is 13.9. The number of aromatic nitrogens is 3. The summed E-state index contributed by atoms with van der Waals surface area (Å²) in [6.07, 6.45) is 1.97. The largest absolute Gasteiger partial charge is 0.309 e. The van der Waals surface area contributed by atoms with Gasteiger partial charge < -0.3 is 9.13 Å². The topological polar surface area (TPSA) is 22.8 Å². The molecule has 3 nitrogen and oxygen atoms in total. The molecule has 1 aliphatic carbocycles. The van der Waals surface area contributed by atoms with E-state index in [1.807, 2.05) is 6.20 Å². The number of hydrogen-bond acceptors (Lipinski definition) is 1. The highest BCUT2D eigenvalue weighted by molar-refractivity contribution is 6.23. The van der Waals surface area contributed by atoms with Gasteiger partial charge in [-0.25, -0.2) is 0 Å². The second-order valence-corrected chi connectivity index (χ2v) is 13.9. The molecular formula is C49H29N3. The summed E-state index contributed by atoms with van der Waals surface area (Å²) in [4.78, 5) is 5.08. The van der Waals surface area contributed by atoms with Gasteiger partial charge in [-0.1, -0.05) is 109 Å². The molecular weight excluding hydrogens is 631 g/mol. The van der Waals surface area contributed by atoms with Crippen molar-refractivity contribution in [1.82, 2.24) is 14.1 Å². The number of nitrogens with zero attached hydrogens (tertiary/aromatic N) is 3. The van der Waals surface area contributed by atoms with Crippen LogP contribution in [0.5, 0.6) is 0 Å². The molecule has 0 fully saturated rings. The highest BCUT2D eigenvalue weighted by atomic mass is 15.0. The van der Waals surface area contributed by atoms with Crippen LogP contribution in [-0.4, -0.2) is 14.1 Å². The normalized spacial score (nSPS) is 12.2. The Hall–Kier alpha value is -6.97. The number of pyridine rings is 1. The fraction of sp³-hybridized carbons (Fsp3) is 0. The van der Waals surface area contributed by atoms with Crippen molar-refractivity contribution in [1.29, 1.82) is 0 Å². The molecule has 0 saturated heterocycles. The lowest BCUT2D eigenvalue weighted by Gasteiger charge is -2.13. The van der Waals surface area contributed by atoms with Crippen LogP contribution in [-0.2, 0) is 0 Å². The summed E-state index contributed by atoms with van der Waals surface area (Å²) in [7, 11) is 0. The Morgan fingerprint density at radius 2 is 1.00 bits per heavy atom. The van der Waals surface area contributed by atoms with Crippen molar-refractivity contribution in [2.45, 2.75) is 0 Å². The minimum absolute atomic E-state index is 1.03. The first-order chi connectivity index (χ1) is 25.8. The minimum atomic E-state index is 1.03. The van der Waals surface area contributed by atoms with Gasteiger partial charge in [0.15, 0.2) is 0 Å². The van der Waals surface area contributed by atoms with Crippen molar-refractivity contribution in [2.24, 2.45) is 0 Å². The lowest BCUT2D eigenvalue weighted by molar-refractivity contribution is 1.18. The maximum Gasteiger partial charge on any atom is 0.0954 e. The Morgan fingerprint density at radius 1 is 0.365 bits per heavy atom. The number of fused-ring (bicyclic) bond motifs is 11. The number of para-hydroxylation sites is 2. The van der Waals surface area contributed by atoms with Gasteiger partial charge in [-0.2, -0.15) is 0 Å². The molecule has 0 bridgehead atoms. The molecule has 0 spiro atoms. The van der Waals surface area contributed by atoms with Crippen molar-refractivity contribution >= 4 is 65.3 Å². The maximum atomic E-state index is 5.08. The zero-order valence-corrected chi connectivity index (χ0v) is 28.1. The maximum absolute atomic E-state index is 5.08. The van der Waals surface area contributed by atoms with E-state index >= 15 is 0 Å². The van der Waals surface area contributed by atoms with Crippen LogP contribution in [0.15, 0.2) is 176 Å². The lowest BCUT2D eigenvalue weighted by Crippen LogP contribution is -1.97. The van der Waals surface area contributed by atoms with E-state index in [2.05, 4.69) is 179 Å². The summed E-state index contributed by atoms with van der Waals surface area (Å²) in [5, 5.41) is 8.75. The highest BCUT2D eigenvalue weighted by Crippen LogP contribution is 2.49. The van der Waals surface area contributed by atoms with Crippen LogP contribution in [0.4, 0.5) is 0 Å². The van der Waals surface area contributed by atoms with Crippen LogP contribution in [0.1, 0.15) is 0 Å². The molecule has 0 amide bonds. The van der Waals surface area contributed by atoms with E-state index < -0.39 is 0 Å². The Labute approximate surface area is 299 Å². The lowest BCUT2D eigenvalue weighted by atomic mass is 9.99. The monoisotopic (exact) mass is 659 g/mol. The van der Waals surface area contributed by atoms with E-state index in [9.17, 15) is 0 Å². The smallest absolute Gasteiger partial charge is 0.0954 e. The van der Waals surface area contributed by atoms with Crippen LogP contribution >= 0.6 is 0 Å². The molecule has 3 heterocycles. The molecule has 0 N–H and O–H groups in total. The third kappa shape index (κ3) is 3.66. The van der Waals surface area contributed by atoms with Crippen LogP contribution < -0.4 is 0 Å². The summed E-state index contributed by atoms with van der Waals surface area (Å²) < 4.78 is 4.82. The third-order valence-corrected chi connectivity index (χ3v) is 11.3. The van der Waals surface area contributed by atoms with Gasteiger partial charge in [-0.3, -0.25) is 4.98 Å². The van der Waals surface area contributed by atoms with Crippen LogP contribution in [0.2, 0.25) is 0 Å². The van der Waals surface area contributed by atoms with E-state index in [1.165, 1.54) is 98.8 Å². The predicted molar refractivity (Wildman–Crippen MR) is 218 cm³/mol. The molecule has 0 radical (unpaired) electrons. The molecule has 0 unspecified atom stereocenters. The van der Waals surface area contributed by atoms with Crippen molar-refractivity contribution in [3.63, 3.8) is 0 Å². The summed E-state index contributed by atoms with van der Waals surface area (Å²) in [6.45, 7) is 0. The van der Waals surface area contributed by atoms with E-state index in [0.717, 1.165) is 11.2 Å². The van der Waals surface area contributed by atoms with Gasteiger partial charge in [0.2, 0.25) is 0 Å². The van der Waals surface area contributed by atoms with Gasteiger partial charge in [0.1, 0.15) is 0 Å². The standard InChI is InChI=1S/C49H29N3/c1-2-11-33(12-3-1)51-42-17-9-8-16-37(42)40-28-31(19-22-43(40)51)32-20-23-44-41(29-32)47-34-13-5-4-10-30(34)18-24-45(47)52(44)46-25-21-38-35-14-6-7-15-36(35)39-26-27-50-49(46)48(38)39/h1-29H. The fourth-order valence-electron chi connectivity index (χ4n) is 9.07. The first-order valence-electron chi connectivity index (χ1n) is 17.9. The highest BCUT2D eigenvalue weighted by Gasteiger charge is 2.25. The minimum Gasteiger partial charge on any atom is -0.309 e. The Kier molecular flexibility index (Phi) is 5.50. The van der Waals surface area contributed by atoms with Crippen molar-refractivity contribution < 1.29 is 0 Å². The summed E-state index contributed by atoms with van der Waals surface area (Å²) >= 11 is 0. The molecule has 0 saturated carbocycles. The van der Waals surface area contributed by atoms with Gasteiger partial charge in [-0.15, -0.1) is 0 Å². The number of rotatable bonds is 3. The summed E-state index contributed by atoms with van der Waals surface area (Å²) in [5.41, 5.74) is 15.6. The molecule has 1 aliphatic rings. The molecule has 8 aromatic carbocycles. The third-order valence-electron chi connectivity index (χ3n) is 11.3. The number of benzene rings is 8. The zero-order valence-electron chi connectivity index (χ0n) is 28.1. The first-order valence-corrected chi connectivity index (χ1v) is 17.9. The van der Waals surface area contributed by atoms with Crippen LogP contribution in [0.25, 0.3) is 110 Å². The molecule has 3 heteroatoms. The van der Waals surface area contributed by atoms with Crippen molar-refractivity contribution in [2.75, 3.05) is 0 Å². The molecule has 52 heavy (non-hydrogen) atoms. The first kappa shape index (κ1) is 27.8. The van der Waals surface area contributed by atoms with Crippen LogP contribution in [0, 0.1) is 0 Å². The average Bonchev–Trinajstić information content (AvgIpc) is 3.85. The fourth-order valence-corrected chi connectivity index (χ4v) is 9.07. The van der Waals surface area contributed by atoms with Crippen molar-refractivity contribution in [3.8, 4) is 44.8 Å². The Morgan fingerprint density at radius 3 is 1.83 bits per heavy atom. The quantitative estimate of drug-likeness (QED) is 0.185. The van der Waals surface area contributed by atoms with Crippen LogP contribution in [0.3, 0.4) is 0 Å². The van der Waals surface area contributed by atoms with E-state index in [-0.39, 0.29) is 0 Å². The van der Waals surface area contributed by atoms with E-state index in [0.29, 0.717) is 0 Å². The number of hydrogen-bond donors (Lipinski definition) is 0. The summed E-state index contributed by atoms with van der Waals surface area (Å²) in [6, 6.07) is 62.1. The Bertz CT molecular complexity index is 3260. The molecule has 12 rings (SSSR count). The molecule has 11 aromatic rings. The van der Waals surface area contributed by atoms with E-state index in [1.54, 1.807) is 0 Å². The molecule has 0 atom stereocenters. The van der Waals surface area contributed by atoms with Gasteiger partial charge in [-0.05, 0) is 105 Å². The summed E-state index contributed by atoms with van der Waals surface area (Å²) in [5.74, 6) is 0. The van der Waals surface area contributed by atoms with Gasteiger partial charge in [0.05, 0.1) is 33.3 Å². The Balaban J connectivity index is 1.13. The SMILES string of the molecule is c1ccc(-n2c3ccccc3c3cc(-c4ccc5c(c4)c4c6ccccc6ccc4n5-c4ccc5c6c(ccnc46)-c4ccccc4-5)ccc32)cc1. The van der Waals surface area contributed by atoms with Gasteiger partial charge in [0.25, 0.3) is 0 Å². The van der Waals surface area contributed by atoms with E-state index in [4.69, 9.17) is 4.98 Å². The zero-order chi connectivity index (χ0) is 33.9. The van der Waals surface area contributed by atoms with Gasteiger partial charge >= 0.3 is 0 Å². The van der Waals surface area contributed by atoms with Crippen molar-refractivity contribution in [3.05, 3.63) is 176 Å². The second kappa shape index (κ2) is 10.3.